The van der Waals surface area contributed by atoms with E-state index in [1.54, 1.807) is 42.2 Å². The lowest BCUT2D eigenvalue weighted by atomic mass is 10.2. The van der Waals surface area contributed by atoms with Crippen molar-refractivity contribution in [1.82, 2.24) is 19.6 Å². The molecule has 122 valence electrons. The molecule has 0 aliphatic rings. The standard InChI is InChI=1S/C15H13N5O4/c1-18-7-6-14(17-18)15(21)5-4-12-2-3-13(24-12)10-19-9-11(8-16-19)20(22)23/h2-9H,10H2,1H3/b5-4+. The normalized spacial score (nSPS) is 11.2. The van der Waals surface area contributed by atoms with Crippen LogP contribution in [-0.2, 0) is 13.6 Å². The van der Waals surface area contributed by atoms with E-state index in [0.29, 0.717) is 17.2 Å². The lowest BCUT2D eigenvalue weighted by Crippen LogP contribution is -1.98. The Morgan fingerprint density at radius 1 is 1.42 bits per heavy atom. The second kappa shape index (κ2) is 6.32. The van der Waals surface area contributed by atoms with Gasteiger partial charge in [0.2, 0.25) is 5.78 Å². The quantitative estimate of drug-likeness (QED) is 0.297. The first-order valence-electron chi connectivity index (χ1n) is 6.99. The van der Waals surface area contributed by atoms with Crippen molar-refractivity contribution < 1.29 is 14.1 Å². The molecule has 0 aliphatic heterocycles. The number of carbonyl (C=O) groups is 1. The summed E-state index contributed by atoms with van der Waals surface area (Å²) in [6.07, 6.45) is 7.11. The minimum atomic E-state index is -0.511. The van der Waals surface area contributed by atoms with Gasteiger partial charge in [0.05, 0.1) is 11.5 Å². The van der Waals surface area contributed by atoms with Crippen LogP contribution in [0, 0.1) is 10.1 Å². The summed E-state index contributed by atoms with van der Waals surface area (Å²) in [4.78, 5) is 22.0. The molecule has 3 aromatic rings. The van der Waals surface area contributed by atoms with Crippen molar-refractivity contribution in [3.05, 3.63) is 70.2 Å². The molecule has 0 unspecified atom stereocenters. The molecule has 0 amide bonds. The molecule has 0 saturated heterocycles. The molecule has 9 heteroatoms. The largest absolute Gasteiger partial charge is 0.460 e. The molecule has 0 bridgehead atoms. The van der Waals surface area contributed by atoms with E-state index in [-0.39, 0.29) is 18.0 Å². The smallest absolute Gasteiger partial charge is 0.307 e. The Hall–Kier alpha value is -3.49. The SMILES string of the molecule is Cn1ccc(C(=O)/C=C/c2ccc(Cn3cc([N+](=O)[O-])cn3)o2)n1. The first kappa shape index (κ1) is 15.4. The molecular formula is C15H13N5O4. The number of rotatable bonds is 6. The maximum atomic E-state index is 11.9. The summed E-state index contributed by atoms with van der Waals surface area (Å²) in [6.45, 7) is 0.260. The molecule has 3 aromatic heterocycles. The highest BCUT2D eigenvalue weighted by Crippen LogP contribution is 2.14. The first-order valence-corrected chi connectivity index (χ1v) is 6.99. The highest BCUT2D eigenvalue weighted by atomic mass is 16.6. The van der Waals surface area contributed by atoms with Crippen LogP contribution in [-0.4, -0.2) is 30.3 Å². The Morgan fingerprint density at radius 3 is 2.92 bits per heavy atom. The van der Waals surface area contributed by atoms with Gasteiger partial charge in [-0.1, -0.05) is 0 Å². The zero-order valence-corrected chi connectivity index (χ0v) is 12.7. The average Bonchev–Trinajstić information content (AvgIpc) is 3.26. The van der Waals surface area contributed by atoms with Gasteiger partial charge in [-0.05, 0) is 30.4 Å². The zero-order valence-electron chi connectivity index (χ0n) is 12.7. The number of furan rings is 1. The summed E-state index contributed by atoms with van der Waals surface area (Å²) in [5, 5.41) is 18.5. The summed E-state index contributed by atoms with van der Waals surface area (Å²) in [5.41, 5.74) is 0.270. The van der Waals surface area contributed by atoms with Crippen LogP contribution in [0.2, 0.25) is 0 Å². The molecule has 0 aliphatic carbocycles. The van der Waals surface area contributed by atoms with E-state index in [1.807, 2.05) is 0 Å². The highest BCUT2D eigenvalue weighted by Gasteiger charge is 2.10. The van der Waals surface area contributed by atoms with Gasteiger partial charge in [0.1, 0.15) is 29.6 Å². The number of carbonyl (C=O) groups excluding carboxylic acids is 1. The van der Waals surface area contributed by atoms with Crippen molar-refractivity contribution >= 4 is 17.5 Å². The summed E-state index contributed by atoms with van der Waals surface area (Å²) in [6, 6.07) is 5.05. The van der Waals surface area contributed by atoms with Gasteiger partial charge in [0, 0.05) is 13.2 Å². The fourth-order valence-corrected chi connectivity index (χ4v) is 2.05. The van der Waals surface area contributed by atoms with Crippen LogP contribution in [0.3, 0.4) is 0 Å². The predicted molar refractivity (Wildman–Crippen MR) is 83.3 cm³/mol. The predicted octanol–water partition coefficient (Wildman–Crippen LogP) is 2.06. The lowest BCUT2D eigenvalue weighted by Gasteiger charge is -1.95. The first-order chi connectivity index (χ1) is 11.5. The van der Waals surface area contributed by atoms with Gasteiger partial charge >= 0.3 is 5.69 Å². The maximum absolute atomic E-state index is 11.9. The molecule has 9 nitrogen and oxygen atoms in total. The van der Waals surface area contributed by atoms with E-state index >= 15 is 0 Å². The van der Waals surface area contributed by atoms with Gasteiger partial charge < -0.3 is 4.42 Å². The van der Waals surface area contributed by atoms with E-state index in [0.717, 1.165) is 0 Å². The number of nitro groups is 1. The fraction of sp³-hybridized carbons (Fsp3) is 0.133. The Balaban J connectivity index is 1.65. The molecule has 0 N–H and O–H groups in total. The number of allylic oxidation sites excluding steroid dienone is 1. The topological polar surface area (TPSA) is 109 Å². The Kier molecular flexibility index (Phi) is 4.06. The van der Waals surface area contributed by atoms with Crippen molar-refractivity contribution in [3.63, 3.8) is 0 Å². The highest BCUT2D eigenvalue weighted by molar-refractivity contribution is 6.05. The van der Waals surface area contributed by atoms with Crippen molar-refractivity contribution in [2.45, 2.75) is 6.54 Å². The van der Waals surface area contributed by atoms with E-state index < -0.39 is 4.92 Å². The van der Waals surface area contributed by atoms with Gasteiger partial charge in [-0.3, -0.25) is 24.3 Å². The number of hydrogen-bond donors (Lipinski definition) is 0. The monoisotopic (exact) mass is 327 g/mol. The third-order valence-electron chi connectivity index (χ3n) is 3.20. The summed E-state index contributed by atoms with van der Waals surface area (Å²) >= 11 is 0. The minimum Gasteiger partial charge on any atom is -0.460 e. The Morgan fingerprint density at radius 2 is 2.25 bits per heavy atom. The summed E-state index contributed by atoms with van der Waals surface area (Å²) in [5.74, 6) is 0.838. The summed E-state index contributed by atoms with van der Waals surface area (Å²) < 4.78 is 8.51. The van der Waals surface area contributed by atoms with Crippen molar-refractivity contribution in [2.24, 2.45) is 7.05 Å². The van der Waals surface area contributed by atoms with Gasteiger partial charge in [-0.25, -0.2) is 0 Å². The summed E-state index contributed by atoms with van der Waals surface area (Å²) in [7, 11) is 1.74. The minimum absolute atomic E-state index is 0.0809. The number of ketones is 1. The lowest BCUT2D eigenvalue weighted by molar-refractivity contribution is -0.385. The maximum Gasteiger partial charge on any atom is 0.307 e. The van der Waals surface area contributed by atoms with Crippen LogP contribution in [0.15, 0.2) is 47.3 Å². The van der Waals surface area contributed by atoms with Crippen molar-refractivity contribution in [3.8, 4) is 0 Å². The van der Waals surface area contributed by atoms with Gasteiger partial charge in [0.15, 0.2) is 0 Å². The van der Waals surface area contributed by atoms with Crippen LogP contribution in [0.5, 0.6) is 0 Å². The van der Waals surface area contributed by atoms with E-state index in [1.165, 1.54) is 23.2 Å². The second-order valence-corrected chi connectivity index (χ2v) is 5.03. The third kappa shape index (κ3) is 3.46. The fourth-order valence-electron chi connectivity index (χ4n) is 2.05. The number of aromatic nitrogens is 4. The second-order valence-electron chi connectivity index (χ2n) is 5.03. The molecular weight excluding hydrogens is 314 g/mol. The molecule has 0 fully saturated rings. The molecule has 3 heterocycles. The van der Waals surface area contributed by atoms with Crippen LogP contribution < -0.4 is 0 Å². The molecule has 0 aromatic carbocycles. The van der Waals surface area contributed by atoms with Crippen LogP contribution in [0.1, 0.15) is 22.0 Å². The molecule has 0 radical (unpaired) electrons. The van der Waals surface area contributed by atoms with Crippen molar-refractivity contribution in [1.29, 1.82) is 0 Å². The number of nitrogens with zero attached hydrogens (tertiary/aromatic N) is 5. The van der Waals surface area contributed by atoms with E-state index in [2.05, 4.69) is 10.2 Å². The van der Waals surface area contributed by atoms with Gasteiger partial charge in [0.25, 0.3) is 0 Å². The van der Waals surface area contributed by atoms with E-state index in [9.17, 15) is 14.9 Å². The van der Waals surface area contributed by atoms with E-state index in [4.69, 9.17) is 4.42 Å². The van der Waals surface area contributed by atoms with Crippen LogP contribution in [0.25, 0.3) is 6.08 Å². The Bertz CT molecular complexity index is 918. The molecule has 24 heavy (non-hydrogen) atoms. The molecule has 0 spiro atoms. The average molecular weight is 327 g/mol. The van der Waals surface area contributed by atoms with Gasteiger partial charge in [-0.15, -0.1) is 0 Å². The van der Waals surface area contributed by atoms with Crippen LogP contribution in [0.4, 0.5) is 5.69 Å². The third-order valence-corrected chi connectivity index (χ3v) is 3.20. The zero-order chi connectivity index (χ0) is 17.1. The van der Waals surface area contributed by atoms with Gasteiger partial charge in [-0.2, -0.15) is 10.2 Å². The number of aryl methyl sites for hydroxylation is 1. The molecule has 0 atom stereocenters. The number of hydrogen-bond acceptors (Lipinski definition) is 6. The van der Waals surface area contributed by atoms with Crippen LogP contribution >= 0.6 is 0 Å². The molecule has 0 saturated carbocycles. The van der Waals surface area contributed by atoms with Crippen molar-refractivity contribution in [2.75, 3.05) is 0 Å². The molecule has 3 rings (SSSR count). The Labute approximate surface area is 136 Å².